The van der Waals surface area contributed by atoms with Crippen molar-refractivity contribution in [2.75, 3.05) is 10.5 Å². The zero-order valence-corrected chi connectivity index (χ0v) is 13.5. The molecule has 0 saturated heterocycles. The number of sulfonamides is 1. The molecule has 0 amide bonds. The highest BCUT2D eigenvalue weighted by molar-refractivity contribution is 7.92. The van der Waals surface area contributed by atoms with Gasteiger partial charge in [0.15, 0.2) is 0 Å². The zero-order valence-electron chi connectivity index (χ0n) is 12.7. The summed E-state index contributed by atoms with van der Waals surface area (Å²) in [6.45, 7) is 3.46. The van der Waals surface area contributed by atoms with Crippen LogP contribution in [0.5, 0.6) is 0 Å². The van der Waals surface area contributed by atoms with E-state index in [0.717, 1.165) is 5.56 Å². The number of aromatic amines is 1. The number of anilines is 1. The van der Waals surface area contributed by atoms with Crippen molar-refractivity contribution >= 4 is 21.2 Å². The molecule has 23 heavy (non-hydrogen) atoms. The van der Waals surface area contributed by atoms with Crippen molar-refractivity contribution < 1.29 is 8.42 Å². The number of hydrogen-bond acceptors (Lipinski definition) is 4. The lowest BCUT2D eigenvalue weighted by atomic mass is 10.1. The van der Waals surface area contributed by atoms with E-state index >= 15 is 0 Å². The first-order chi connectivity index (χ1) is 10.9. The molecule has 1 aromatic carbocycles. The zero-order chi connectivity index (χ0) is 16.6. The smallest absolute Gasteiger partial charge is 0.283 e. The molecule has 120 valence electrons. The number of nitrogens with zero attached hydrogens (tertiary/aromatic N) is 2. The lowest BCUT2D eigenvalue weighted by molar-refractivity contribution is 0.602. The average Bonchev–Trinajstić information content (AvgIpc) is 2.90. The Hall–Kier alpha value is -2.61. The highest BCUT2D eigenvalue weighted by atomic mass is 32.2. The molecule has 8 heteroatoms. The van der Waals surface area contributed by atoms with E-state index in [1.807, 2.05) is 19.1 Å². The summed E-state index contributed by atoms with van der Waals surface area (Å²) in [6, 6.07) is 9.08. The summed E-state index contributed by atoms with van der Waals surface area (Å²) in [7, 11) is -3.41. The van der Waals surface area contributed by atoms with Crippen LogP contribution in [-0.2, 0) is 10.0 Å². The van der Waals surface area contributed by atoms with Crippen molar-refractivity contribution in [3.05, 3.63) is 52.6 Å². The van der Waals surface area contributed by atoms with Crippen LogP contribution in [0.25, 0.3) is 16.8 Å². The van der Waals surface area contributed by atoms with E-state index < -0.39 is 15.7 Å². The predicted octanol–water partition coefficient (Wildman–Crippen LogP) is 1.76. The summed E-state index contributed by atoms with van der Waals surface area (Å²) in [5, 5.41) is 2.63. The van der Waals surface area contributed by atoms with Gasteiger partial charge in [-0.1, -0.05) is 12.1 Å². The van der Waals surface area contributed by atoms with Gasteiger partial charge in [-0.05, 0) is 37.6 Å². The summed E-state index contributed by atoms with van der Waals surface area (Å²) in [6.07, 6.45) is 1.46. The standard InChI is InChI=1S/C15H16N4O3S/c1-3-23(21,22)18-13-8-10(2)4-6-12(13)14-7-5-11-9-16-15(20)17-19(11)14/h4-9,18H,3H2,1-2H3,(H,17,20). The van der Waals surface area contributed by atoms with E-state index in [2.05, 4.69) is 14.8 Å². The van der Waals surface area contributed by atoms with Crippen LogP contribution < -0.4 is 10.4 Å². The number of rotatable bonds is 4. The Labute approximate surface area is 133 Å². The molecule has 0 aliphatic carbocycles. The number of aryl methyl sites for hydroxylation is 1. The van der Waals surface area contributed by atoms with Gasteiger partial charge in [0.25, 0.3) is 0 Å². The highest BCUT2D eigenvalue weighted by Gasteiger charge is 2.15. The lowest BCUT2D eigenvalue weighted by Gasteiger charge is -2.13. The van der Waals surface area contributed by atoms with Gasteiger partial charge in [0.2, 0.25) is 10.0 Å². The number of H-pyrrole nitrogens is 1. The van der Waals surface area contributed by atoms with Crippen LogP contribution in [-0.4, -0.2) is 28.8 Å². The number of nitrogens with one attached hydrogen (secondary N) is 2. The van der Waals surface area contributed by atoms with E-state index in [-0.39, 0.29) is 5.75 Å². The maximum absolute atomic E-state index is 11.9. The Morgan fingerprint density at radius 3 is 2.78 bits per heavy atom. The van der Waals surface area contributed by atoms with E-state index in [1.165, 1.54) is 6.20 Å². The molecule has 2 heterocycles. The molecule has 0 fully saturated rings. The Bertz CT molecular complexity index is 1030. The van der Waals surface area contributed by atoms with Crippen molar-refractivity contribution in [3.63, 3.8) is 0 Å². The van der Waals surface area contributed by atoms with Crippen LogP contribution in [0, 0.1) is 6.92 Å². The summed E-state index contributed by atoms with van der Waals surface area (Å²) in [5.41, 5.74) is 2.99. The first-order valence-electron chi connectivity index (χ1n) is 7.08. The highest BCUT2D eigenvalue weighted by Crippen LogP contribution is 2.30. The van der Waals surface area contributed by atoms with Gasteiger partial charge in [-0.3, -0.25) is 9.24 Å². The van der Waals surface area contributed by atoms with Gasteiger partial charge < -0.3 is 0 Å². The van der Waals surface area contributed by atoms with Crippen LogP contribution in [0.4, 0.5) is 5.69 Å². The second-order valence-corrected chi connectivity index (χ2v) is 7.22. The third-order valence-corrected chi connectivity index (χ3v) is 4.82. The van der Waals surface area contributed by atoms with Crippen LogP contribution in [0.1, 0.15) is 12.5 Å². The molecule has 0 saturated carbocycles. The van der Waals surface area contributed by atoms with Gasteiger partial charge in [0, 0.05) is 5.56 Å². The molecule has 0 aliphatic rings. The second kappa shape index (κ2) is 5.54. The van der Waals surface area contributed by atoms with Gasteiger partial charge in [-0.25, -0.2) is 18.3 Å². The Morgan fingerprint density at radius 2 is 2.04 bits per heavy atom. The number of fused-ring (bicyclic) bond motifs is 1. The number of aromatic nitrogens is 3. The van der Waals surface area contributed by atoms with Gasteiger partial charge in [0.05, 0.1) is 28.8 Å². The van der Waals surface area contributed by atoms with Crippen molar-refractivity contribution in [2.45, 2.75) is 13.8 Å². The van der Waals surface area contributed by atoms with Crippen molar-refractivity contribution in [2.24, 2.45) is 0 Å². The monoisotopic (exact) mass is 332 g/mol. The number of benzene rings is 1. The maximum atomic E-state index is 11.9. The van der Waals surface area contributed by atoms with Crippen molar-refractivity contribution in [1.82, 2.24) is 14.6 Å². The molecule has 0 atom stereocenters. The molecule has 0 spiro atoms. The summed E-state index contributed by atoms with van der Waals surface area (Å²) >= 11 is 0. The van der Waals surface area contributed by atoms with E-state index in [9.17, 15) is 13.2 Å². The minimum Gasteiger partial charge on any atom is -0.283 e. The third kappa shape index (κ3) is 2.98. The fourth-order valence-electron chi connectivity index (χ4n) is 2.34. The molecule has 0 unspecified atom stereocenters. The molecule has 0 aliphatic heterocycles. The Kier molecular flexibility index (Phi) is 3.69. The molecule has 0 radical (unpaired) electrons. The van der Waals surface area contributed by atoms with Gasteiger partial charge in [-0.15, -0.1) is 0 Å². The Morgan fingerprint density at radius 1 is 1.26 bits per heavy atom. The van der Waals surface area contributed by atoms with Crippen LogP contribution in [0.3, 0.4) is 0 Å². The first-order valence-corrected chi connectivity index (χ1v) is 8.73. The predicted molar refractivity (Wildman–Crippen MR) is 89.1 cm³/mol. The molecular formula is C15H16N4O3S. The topological polar surface area (TPSA) is 96.3 Å². The van der Waals surface area contributed by atoms with Gasteiger partial charge in [0.1, 0.15) is 0 Å². The molecule has 3 rings (SSSR count). The fraction of sp³-hybridized carbons (Fsp3) is 0.200. The van der Waals surface area contributed by atoms with E-state index in [0.29, 0.717) is 22.5 Å². The molecule has 0 bridgehead atoms. The minimum absolute atomic E-state index is 0.0178. The van der Waals surface area contributed by atoms with E-state index in [1.54, 1.807) is 29.6 Å². The normalized spacial score (nSPS) is 11.7. The van der Waals surface area contributed by atoms with Gasteiger partial charge >= 0.3 is 5.69 Å². The van der Waals surface area contributed by atoms with Crippen molar-refractivity contribution in [1.29, 1.82) is 0 Å². The molecule has 3 aromatic rings. The third-order valence-electron chi connectivity index (χ3n) is 3.53. The fourth-order valence-corrected chi connectivity index (χ4v) is 2.99. The summed E-state index contributed by atoms with van der Waals surface area (Å²) < 4.78 is 28.1. The molecule has 2 aromatic heterocycles. The average molecular weight is 332 g/mol. The lowest BCUT2D eigenvalue weighted by Crippen LogP contribution is -2.16. The van der Waals surface area contributed by atoms with Crippen LogP contribution in [0.2, 0.25) is 0 Å². The van der Waals surface area contributed by atoms with E-state index in [4.69, 9.17) is 0 Å². The molecule has 7 nitrogen and oxygen atoms in total. The SMILES string of the molecule is CCS(=O)(=O)Nc1cc(C)ccc1-c1ccc2cnc(=O)[nH]n12. The first kappa shape index (κ1) is 15.3. The molecular weight excluding hydrogens is 316 g/mol. The summed E-state index contributed by atoms with van der Waals surface area (Å²) in [5.74, 6) is -0.0178. The number of hydrogen-bond donors (Lipinski definition) is 2. The maximum Gasteiger partial charge on any atom is 0.360 e. The van der Waals surface area contributed by atoms with Crippen LogP contribution in [0.15, 0.2) is 41.3 Å². The molecule has 2 N–H and O–H groups in total. The minimum atomic E-state index is -3.41. The summed E-state index contributed by atoms with van der Waals surface area (Å²) in [4.78, 5) is 15.2. The van der Waals surface area contributed by atoms with Gasteiger partial charge in [-0.2, -0.15) is 4.98 Å². The second-order valence-electron chi connectivity index (χ2n) is 5.21. The Balaban J connectivity index is 2.22. The van der Waals surface area contributed by atoms with Crippen LogP contribution >= 0.6 is 0 Å². The largest absolute Gasteiger partial charge is 0.360 e. The quantitative estimate of drug-likeness (QED) is 0.761. The van der Waals surface area contributed by atoms with Crippen molar-refractivity contribution in [3.8, 4) is 11.3 Å².